The average Bonchev–Trinajstić information content (AvgIpc) is 2.78. The van der Waals surface area contributed by atoms with Crippen LogP contribution in [0.5, 0.6) is 0 Å². The van der Waals surface area contributed by atoms with Crippen LogP contribution in [0.1, 0.15) is 25.3 Å². The highest BCUT2D eigenvalue weighted by Crippen LogP contribution is 2.24. The maximum Gasteiger partial charge on any atom is 0.128 e. The van der Waals surface area contributed by atoms with Crippen molar-refractivity contribution in [3.05, 3.63) is 23.9 Å². The van der Waals surface area contributed by atoms with Crippen molar-refractivity contribution in [3.63, 3.8) is 0 Å². The van der Waals surface area contributed by atoms with Gasteiger partial charge in [0.05, 0.1) is 0 Å². The maximum atomic E-state index is 4.50. The molecule has 1 aromatic rings. The number of alkyl halides is 1. The second kappa shape index (κ2) is 4.97. The van der Waals surface area contributed by atoms with Crippen molar-refractivity contribution in [2.75, 3.05) is 18.0 Å². The summed E-state index contributed by atoms with van der Waals surface area (Å²) in [5.74, 6) is 2.00. The van der Waals surface area contributed by atoms with Crippen LogP contribution in [0.25, 0.3) is 0 Å². The minimum atomic E-state index is 0.864. The molecule has 1 unspecified atom stereocenters. The summed E-state index contributed by atoms with van der Waals surface area (Å²) >= 11 is 3.43. The van der Waals surface area contributed by atoms with Crippen LogP contribution < -0.4 is 4.90 Å². The quantitative estimate of drug-likeness (QED) is 0.783. The summed E-state index contributed by atoms with van der Waals surface area (Å²) in [6.45, 7) is 4.62. The number of anilines is 1. The number of hydrogen-bond donors (Lipinski definition) is 0. The smallest absolute Gasteiger partial charge is 0.128 e. The third-order valence-corrected chi connectivity index (χ3v) is 3.80. The Morgan fingerprint density at radius 2 is 2.40 bits per heavy atom. The highest BCUT2D eigenvalue weighted by molar-refractivity contribution is 9.08. The lowest BCUT2D eigenvalue weighted by atomic mass is 10.1. The highest BCUT2D eigenvalue weighted by atomic mass is 79.9. The number of pyridine rings is 1. The van der Waals surface area contributed by atoms with E-state index in [1.54, 1.807) is 0 Å². The summed E-state index contributed by atoms with van der Waals surface area (Å²) in [5.41, 5.74) is 1.24. The van der Waals surface area contributed by atoms with Gasteiger partial charge in [0.1, 0.15) is 5.82 Å². The molecule has 0 amide bonds. The van der Waals surface area contributed by atoms with Crippen molar-refractivity contribution in [3.8, 4) is 0 Å². The first-order chi connectivity index (χ1) is 7.33. The third-order valence-electron chi connectivity index (χ3n) is 3.15. The molecule has 1 fully saturated rings. The van der Waals surface area contributed by atoms with E-state index < -0.39 is 0 Å². The van der Waals surface area contributed by atoms with Crippen molar-refractivity contribution in [1.82, 2.24) is 4.98 Å². The predicted molar refractivity (Wildman–Crippen MR) is 67.5 cm³/mol. The van der Waals surface area contributed by atoms with E-state index in [-0.39, 0.29) is 0 Å². The van der Waals surface area contributed by atoms with E-state index in [1.807, 2.05) is 6.20 Å². The fourth-order valence-corrected chi connectivity index (χ4v) is 2.39. The minimum absolute atomic E-state index is 0.864. The molecule has 1 aliphatic heterocycles. The van der Waals surface area contributed by atoms with Crippen LogP contribution in [0, 0.1) is 5.92 Å². The minimum Gasteiger partial charge on any atom is -0.356 e. The molecular weight excluding hydrogens is 252 g/mol. The summed E-state index contributed by atoms with van der Waals surface area (Å²) in [6.07, 6.45) is 4.57. The standard InChI is InChI=1S/C12H17BrN2/c1-2-10-5-6-15(9-10)12-4-3-11(7-13)8-14-12/h3-4,8,10H,2,5-7,9H2,1H3. The van der Waals surface area contributed by atoms with E-state index in [0.29, 0.717) is 0 Å². The van der Waals surface area contributed by atoms with Crippen LogP contribution in [0.4, 0.5) is 5.82 Å². The zero-order valence-corrected chi connectivity index (χ0v) is 10.7. The van der Waals surface area contributed by atoms with Gasteiger partial charge in [-0.1, -0.05) is 35.3 Å². The Hall–Kier alpha value is -0.570. The summed E-state index contributed by atoms with van der Waals surface area (Å²) in [6, 6.07) is 4.28. The van der Waals surface area contributed by atoms with Gasteiger partial charge in [0.2, 0.25) is 0 Å². The Bertz CT molecular complexity index is 310. The van der Waals surface area contributed by atoms with Gasteiger partial charge < -0.3 is 4.90 Å². The van der Waals surface area contributed by atoms with Gasteiger partial charge in [-0.05, 0) is 24.0 Å². The molecule has 2 rings (SSSR count). The fourth-order valence-electron chi connectivity index (χ4n) is 2.06. The first-order valence-electron chi connectivity index (χ1n) is 5.59. The molecule has 1 aromatic heterocycles. The second-order valence-corrected chi connectivity index (χ2v) is 4.73. The molecule has 0 N–H and O–H groups in total. The molecule has 3 heteroatoms. The topological polar surface area (TPSA) is 16.1 Å². The van der Waals surface area contributed by atoms with E-state index in [0.717, 1.165) is 17.1 Å². The molecule has 2 heterocycles. The molecule has 0 radical (unpaired) electrons. The summed E-state index contributed by atoms with van der Waals surface area (Å²) in [7, 11) is 0. The highest BCUT2D eigenvalue weighted by Gasteiger charge is 2.21. The zero-order chi connectivity index (χ0) is 10.7. The first kappa shape index (κ1) is 10.9. The van der Waals surface area contributed by atoms with Crippen LogP contribution in [0.15, 0.2) is 18.3 Å². The van der Waals surface area contributed by atoms with Gasteiger partial charge in [0, 0.05) is 24.6 Å². The average molecular weight is 269 g/mol. The van der Waals surface area contributed by atoms with Crippen molar-refractivity contribution in [1.29, 1.82) is 0 Å². The number of nitrogens with zero attached hydrogens (tertiary/aromatic N) is 2. The van der Waals surface area contributed by atoms with Crippen molar-refractivity contribution in [2.24, 2.45) is 5.92 Å². The normalized spacial score (nSPS) is 20.9. The summed E-state index contributed by atoms with van der Waals surface area (Å²) < 4.78 is 0. The predicted octanol–water partition coefficient (Wildman–Crippen LogP) is 3.21. The lowest BCUT2D eigenvalue weighted by Crippen LogP contribution is -2.20. The number of hydrogen-bond acceptors (Lipinski definition) is 2. The Labute approximate surface area is 99.8 Å². The van der Waals surface area contributed by atoms with Crippen LogP contribution >= 0.6 is 15.9 Å². The molecule has 0 aliphatic carbocycles. The lowest BCUT2D eigenvalue weighted by Gasteiger charge is -2.17. The van der Waals surface area contributed by atoms with E-state index in [2.05, 4.69) is 44.9 Å². The molecule has 0 spiro atoms. The number of aromatic nitrogens is 1. The molecule has 1 atom stereocenters. The third kappa shape index (κ3) is 2.51. The van der Waals surface area contributed by atoms with Gasteiger partial charge in [-0.25, -0.2) is 4.98 Å². The van der Waals surface area contributed by atoms with E-state index in [9.17, 15) is 0 Å². The Morgan fingerprint density at radius 3 is 2.93 bits per heavy atom. The second-order valence-electron chi connectivity index (χ2n) is 4.17. The molecule has 2 nitrogen and oxygen atoms in total. The van der Waals surface area contributed by atoms with Crippen molar-refractivity contribution < 1.29 is 0 Å². The Kier molecular flexibility index (Phi) is 3.62. The first-order valence-corrected chi connectivity index (χ1v) is 6.71. The van der Waals surface area contributed by atoms with Gasteiger partial charge in [0.15, 0.2) is 0 Å². The number of rotatable bonds is 3. The molecule has 0 saturated carbocycles. The summed E-state index contributed by atoms with van der Waals surface area (Å²) in [5, 5.41) is 0.887. The maximum absolute atomic E-state index is 4.50. The van der Waals surface area contributed by atoms with Crippen molar-refractivity contribution in [2.45, 2.75) is 25.1 Å². The molecule has 0 bridgehead atoms. The van der Waals surface area contributed by atoms with Crippen molar-refractivity contribution >= 4 is 21.7 Å². The SMILES string of the molecule is CCC1CCN(c2ccc(CBr)cn2)C1. The van der Waals surface area contributed by atoms with E-state index >= 15 is 0 Å². The van der Waals surface area contributed by atoms with Gasteiger partial charge >= 0.3 is 0 Å². The Morgan fingerprint density at radius 1 is 1.53 bits per heavy atom. The molecular formula is C12H17BrN2. The van der Waals surface area contributed by atoms with Gasteiger partial charge in [-0.15, -0.1) is 0 Å². The molecule has 0 aromatic carbocycles. The van der Waals surface area contributed by atoms with Crippen LogP contribution in [-0.4, -0.2) is 18.1 Å². The van der Waals surface area contributed by atoms with Crippen LogP contribution in [0.2, 0.25) is 0 Å². The fraction of sp³-hybridized carbons (Fsp3) is 0.583. The van der Waals surface area contributed by atoms with E-state index in [4.69, 9.17) is 0 Å². The molecule has 82 valence electrons. The molecule has 1 aliphatic rings. The molecule has 1 saturated heterocycles. The van der Waals surface area contributed by atoms with Crippen LogP contribution in [-0.2, 0) is 5.33 Å². The molecule has 15 heavy (non-hydrogen) atoms. The van der Waals surface area contributed by atoms with Gasteiger partial charge in [-0.2, -0.15) is 0 Å². The zero-order valence-electron chi connectivity index (χ0n) is 9.12. The lowest BCUT2D eigenvalue weighted by molar-refractivity contribution is 0.569. The van der Waals surface area contributed by atoms with Gasteiger partial charge in [0.25, 0.3) is 0 Å². The van der Waals surface area contributed by atoms with E-state index in [1.165, 1.54) is 31.5 Å². The number of halogens is 1. The van der Waals surface area contributed by atoms with Gasteiger partial charge in [-0.3, -0.25) is 0 Å². The summed E-state index contributed by atoms with van der Waals surface area (Å²) in [4.78, 5) is 6.89. The van der Waals surface area contributed by atoms with Crippen LogP contribution in [0.3, 0.4) is 0 Å². The monoisotopic (exact) mass is 268 g/mol. The largest absolute Gasteiger partial charge is 0.356 e. The Balaban J connectivity index is 2.04.